The van der Waals surface area contributed by atoms with Crippen molar-refractivity contribution in [1.82, 2.24) is 20.4 Å². The fourth-order valence-electron chi connectivity index (χ4n) is 1.86. The minimum atomic E-state index is -0.883. The summed E-state index contributed by atoms with van der Waals surface area (Å²) in [6, 6.07) is -0.371. The fourth-order valence-corrected chi connectivity index (χ4v) is 1.86. The smallest absolute Gasteiger partial charge is 0.315 e. The van der Waals surface area contributed by atoms with Crippen molar-refractivity contribution in [3.8, 4) is 0 Å². The Morgan fingerprint density at radius 2 is 2.10 bits per heavy atom. The van der Waals surface area contributed by atoms with Crippen molar-refractivity contribution in [2.24, 2.45) is 18.9 Å². The molecule has 0 aliphatic rings. The molecule has 20 heavy (non-hydrogen) atoms. The summed E-state index contributed by atoms with van der Waals surface area (Å²) in [5, 5.41) is 18.3. The highest BCUT2D eigenvalue weighted by Crippen LogP contribution is 2.10. The van der Waals surface area contributed by atoms with E-state index in [1.54, 1.807) is 24.1 Å². The zero-order valence-electron chi connectivity index (χ0n) is 12.1. The number of nitrogens with zero attached hydrogens (tertiary/aromatic N) is 2. The van der Waals surface area contributed by atoms with Crippen LogP contribution < -0.4 is 10.6 Å². The van der Waals surface area contributed by atoms with E-state index in [9.17, 15) is 9.59 Å². The Morgan fingerprint density at radius 3 is 2.60 bits per heavy atom. The van der Waals surface area contributed by atoms with Crippen LogP contribution in [0.1, 0.15) is 25.8 Å². The molecule has 7 heteroatoms. The first-order valence-corrected chi connectivity index (χ1v) is 6.60. The lowest BCUT2D eigenvalue weighted by atomic mass is 9.97. The van der Waals surface area contributed by atoms with Gasteiger partial charge in [-0.1, -0.05) is 13.8 Å². The molecule has 1 atom stereocenters. The third kappa shape index (κ3) is 5.73. The summed E-state index contributed by atoms with van der Waals surface area (Å²) in [7, 11) is 1.80. The van der Waals surface area contributed by atoms with E-state index >= 15 is 0 Å². The maximum Gasteiger partial charge on any atom is 0.315 e. The Hall–Kier alpha value is -2.05. The van der Waals surface area contributed by atoms with Gasteiger partial charge in [-0.05, 0) is 12.3 Å². The molecule has 1 heterocycles. The highest BCUT2D eigenvalue weighted by Gasteiger charge is 2.19. The minimum Gasteiger partial charge on any atom is -0.481 e. The number of nitrogens with one attached hydrogen (secondary N) is 2. The Kier molecular flexibility index (Phi) is 6.02. The van der Waals surface area contributed by atoms with Gasteiger partial charge in [0.1, 0.15) is 0 Å². The van der Waals surface area contributed by atoms with Gasteiger partial charge in [-0.15, -0.1) is 0 Å². The van der Waals surface area contributed by atoms with Gasteiger partial charge in [0.05, 0.1) is 12.1 Å². The third-order valence-electron chi connectivity index (χ3n) is 2.83. The SMILES string of the molecule is CC(C)CC(CNC(=O)NCc1cnn(C)c1)C(=O)O. The highest BCUT2D eigenvalue weighted by atomic mass is 16.4. The van der Waals surface area contributed by atoms with E-state index < -0.39 is 11.9 Å². The standard InChI is InChI=1S/C13H22N4O3/c1-9(2)4-11(12(18)19)7-15-13(20)14-5-10-6-16-17(3)8-10/h6,8-9,11H,4-5,7H2,1-3H3,(H,18,19)(H2,14,15,20). The molecule has 1 aromatic rings. The molecule has 3 N–H and O–H groups in total. The molecule has 1 aromatic heterocycles. The number of aryl methyl sites for hydroxylation is 1. The molecule has 0 fully saturated rings. The lowest BCUT2D eigenvalue weighted by Crippen LogP contribution is -2.39. The number of aliphatic carboxylic acids is 1. The van der Waals surface area contributed by atoms with Crippen LogP contribution in [0.25, 0.3) is 0 Å². The molecule has 0 aromatic carbocycles. The number of rotatable bonds is 7. The molecular weight excluding hydrogens is 260 g/mol. The molecule has 0 aliphatic heterocycles. The van der Waals surface area contributed by atoms with Crippen LogP contribution in [-0.4, -0.2) is 33.4 Å². The number of urea groups is 1. The Morgan fingerprint density at radius 1 is 1.40 bits per heavy atom. The van der Waals surface area contributed by atoms with E-state index in [0.717, 1.165) is 5.56 Å². The summed E-state index contributed by atoms with van der Waals surface area (Å²) in [5.41, 5.74) is 0.889. The molecule has 1 rings (SSSR count). The molecule has 112 valence electrons. The molecule has 0 spiro atoms. The Balaban J connectivity index is 2.32. The molecule has 0 saturated heterocycles. The second kappa shape index (κ2) is 7.52. The molecule has 7 nitrogen and oxygen atoms in total. The molecule has 1 unspecified atom stereocenters. The molecule has 2 amide bonds. The van der Waals surface area contributed by atoms with Crippen LogP contribution in [0.3, 0.4) is 0 Å². The van der Waals surface area contributed by atoms with Gasteiger partial charge in [-0.3, -0.25) is 9.48 Å². The predicted octanol–water partition coefficient (Wildman–Crippen LogP) is 0.966. The van der Waals surface area contributed by atoms with Crippen LogP contribution in [0.15, 0.2) is 12.4 Å². The zero-order chi connectivity index (χ0) is 15.1. The quantitative estimate of drug-likeness (QED) is 0.694. The second-order valence-corrected chi connectivity index (χ2v) is 5.25. The highest BCUT2D eigenvalue weighted by molar-refractivity contribution is 5.75. The number of aromatic nitrogens is 2. The first kappa shape index (κ1) is 16.0. The first-order chi connectivity index (χ1) is 9.38. The fraction of sp³-hybridized carbons (Fsp3) is 0.615. The van der Waals surface area contributed by atoms with E-state index in [2.05, 4.69) is 15.7 Å². The summed E-state index contributed by atoms with van der Waals surface area (Å²) in [5.74, 6) is -1.17. The molecule has 0 saturated carbocycles. The molecule has 0 aliphatic carbocycles. The lowest BCUT2D eigenvalue weighted by Gasteiger charge is -2.15. The van der Waals surface area contributed by atoms with Gasteiger partial charge >= 0.3 is 12.0 Å². The minimum absolute atomic E-state index is 0.131. The van der Waals surface area contributed by atoms with E-state index in [1.165, 1.54) is 0 Å². The van der Waals surface area contributed by atoms with Crippen molar-refractivity contribution in [3.63, 3.8) is 0 Å². The Labute approximate surface area is 118 Å². The number of carbonyl (C=O) groups excluding carboxylic acids is 1. The van der Waals surface area contributed by atoms with Crippen LogP contribution in [0.2, 0.25) is 0 Å². The number of amides is 2. The maximum absolute atomic E-state index is 11.6. The Bertz CT molecular complexity index is 456. The van der Waals surface area contributed by atoms with Gasteiger partial charge in [0.15, 0.2) is 0 Å². The van der Waals surface area contributed by atoms with E-state index in [0.29, 0.717) is 13.0 Å². The van der Waals surface area contributed by atoms with Crippen LogP contribution in [0.4, 0.5) is 4.79 Å². The first-order valence-electron chi connectivity index (χ1n) is 6.60. The number of hydrogen-bond acceptors (Lipinski definition) is 3. The average molecular weight is 282 g/mol. The van der Waals surface area contributed by atoms with Crippen molar-refractivity contribution >= 4 is 12.0 Å². The van der Waals surface area contributed by atoms with Crippen LogP contribution in [0, 0.1) is 11.8 Å². The monoisotopic (exact) mass is 282 g/mol. The number of carbonyl (C=O) groups is 2. The van der Waals surface area contributed by atoms with Crippen molar-refractivity contribution in [1.29, 1.82) is 0 Å². The maximum atomic E-state index is 11.6. The van der Waals surface area contributed by atoms with E-state index in [-0.39, 0.29) is 18.5 Å². The summed E-state index contributed by atoms with van der Waals surface area (Å²) >= 11 is 0. The normalized spacial score (nSPS) is 12.2. The summed E-state index contributed by atoms with van der Waals surface area (Å²) < 4.78 is 1.65. The lowest BCUT2D eigenvalue weighted by molar-refractivity contribution is -0.142. The number of carboxylic acid groups (broad SMARTS) is 1. The largest absolute Gasteiger partial charge is 0.481 e. The molecular formula is C13H22N4O3. The predicted molar refractivity (Wildman–Crippen MR) is 74.0 cm³/mol. The van der Waals surface area contributed by atoms with Gasteiger partial charge in [-0.25, -0.2) is 4.79 Å². The van der Waals surface area contributed by atoms with Gasteiger partial charge < -0.3 is 15.7 Å². The zero-order valence-corrected chi connectivity index (χ0v) is 12.1. The molecule has 0 radical (unpaired) electrons. The van der Waals surface area contributed by atoms with Gasteiger partial charge in [0.25, 0.3) is 0 Å². The van der Waals surface area contributed by atoms with Gasteiger partial charge in [-0.2, -0.15) is 5.10 Å². The third-order valence-corrected chi connectivity index (χ3v) is 2.83. The number of hydrogen-bond donors (Lipinski definition) is 3. The van der Waals surface area contributed by atoms with Crippen LogP contribution in [-0.2, 0) is 18.4 Å². The van der Waals surface area contributed by atoms with Crippen molar-refractivity contribution in [2.75, 3.05) is 6.54 Å². The topological polar surface area (TPSA) is 96.3 Å². The summed E-state index contributed by atoms with van der Waals surface area (Å²) in [4.78, 5) is 22.6. The average Bonchev–Trinajstić information content (AvgIpc) is 2.77. The van der Waals surface area contributed by atoms with Crippen LogP contribution in [0.5, 0.6) is 0 Å². The van der Waals surface area contributed by atoms with Gasteiger partial charge in [0, 0.05) is 31.9 Å². The second-order valence-electron chi connectivity index (χ2n) is 5.25. The molecule has 0 bridgehead atoms. The number of carboxylic acids is 1. The summed E-state index contributed by atoms with van der Waals surface area (Å²) in [6.45, 7) is 4.41. The van der Waals surface area contributed by atoms with Crippen molar-refractivity contribution in [2.45, 2.75) is 26.8 Å². The van der Waals surface area contributed by atoms with Crippen LogP contribution >= 0.6 is 0 Å². The van der Waals surface area contributed by atoms with Gasteiger partial charge in [0.2, 0.25) is 0 Å². The van der Waals surface area contributed by atoms with E-state index in [4.69, 9.17) is 5.11 Å². The van der Waals surface area contributed by atoms with E-state index in [1.807, 2.05) is 13.8 Å². The van der Waals surface area contributed by atoms with Crippen molar-refractivity contribution < 1.29 is 14.7 Å². The summed E-state index contributed by atoms with van der Waals surface area (Å²) in [6.07, 6.45) is 4.01. The van der Waals surface area contributed by atoms with Crippen molar-refractivity contribution in [3.05, 3.63) is 18.0 Å².